The summed E-state index contributed by atoms with van der Waals surface area (Å²) >= 11 is 0. The van der Waals surface area contributed by atoms with Crippen LogP contribution in [0.25, 0.3) is 0 Å². The highest BCUT2D eigenvalue weighted by Gasteiger charge is 2.46. The fourth-order valence-electron chi connectivity index (χ4n) is 5.49. The van der Waals surface area contributed by atoms with Crippen LogP contribution in [0.4, 0.5) is 0 Å². The van der Waals surface area contributed by atoms with Crippen LogP contribution >= 0.6 is 0 Å². The summed E-state index contributed by atoms with van der Waals surface area (Å²) in [5, 5.41) is 7.44. The van der Waals surface area contributed by atoms with Gasteiger partial charge in [-0.15, -0.1) is 0 Å². The Morgan fingerprint density at radius 1 is 1.04 bits per heavy atom. The van der Waals surface area contributed by atoms with E-state index in [4.69, 9.17) is 0 Å². The number of fused-ring (bicyclic) bond motifs is 1. The molecule has 0 unspecified atom stereocenters. The summed E-state index contributed by atoms with van der Waals surface area (Å²) in [4.78, 5) is 0. The van der Waals surface area contributed by atoms with Gasteiger partial charge in [0.2, 0.25) is 0 Å². The highest BCUT2D eigenvalue weighted by molar-refractivity contribution is 5.28. The van der Waals surface area contributed by atoms with E-state index in [-0.39, 0.29) is 5.66 Å². The van der Waals surface area contributed by atoms with Gasteiger partial charge in [0.25, 0.3) is 0 Å². The van der Waals surface area contributed by atoms with Crippen molar-refractivity contribution in [2.75, 3.05) is 13.1 Å². The van der Waals surface area contributed by atoms with E-state index in [1.54, 1.807) is 5.57 Å². The molecule has 2 heteroatoms. The lowest BCUT2D eigenvalue weighted by Crippen LogP contribution is -2.52. The zero-order chi connectivity index (χ0) is 17.3. The van der Waals surface area contributed by atoms with Crippen LogP contribution in [0.15, 0.2) is 35.9 Å². The van der Waals surface area contributed by atoms with Gasteiger partial charge in [-0.2, -0.15) is 0 Å². The average molecular weight is 339 g/mol. The van der Waals surface area contributed by atoms with Gasteiger partial charge < -0.3 is 0 Å². The van der Waals surface area contributed by atoms with Crippen LogP contribution in [-0.2, 0) is 12.8 Å². The smallest absolute Gasteiger partial charge is 0.0882 e. The second-order valence-corrected chi connectivity index (χ2v) is 8.71. The first-order valence-electron chi connectivity index (χ1n) is 10.4. The number of hydrogen-bond acceptors (Lipinski definition) is 2. The molecule has 0 radical (unpaired) electrons. The van der Waals surface area contributed by atoms with E-state index in [0.717, 1.165) is 25.4 Å². The molecule has 2 nitrogen and oxygen atoms in total. The molecular formula is C23H34N2. The fourth-order valence-corrected chi connectivity index (χ4v) is 5.49. The standard InChI is InChI=1S/C23H34N2/c1-3-18-7-9-19(10-8-18)11-12-20-5-4-6-21-17-23(24-15-16-25-23)14-13-22(20,21)2/h7-10,17,20,24-25H,3-6,11-16H2,1-2H3/t20-,22-/m1/s1. The Morgan fingerprint density at radius 2 is 1.76 bits per heavy atom. The molecule has 3 aliphatic rings. The van der Waals surface area contributed by atoms with E-state index in [0.29, 0.717) is 5.41 Å². The largest absolute Gasteiger partial charge is 0.295 e. The Labute approximate surface area is 153 Å². The second-order valence-electron chi connectivity index (χ2n) is 8.71. The molecule has 0 amide bonds. The zero-order valence-corrected chi connectivity index (χ0v) is 16.0. The fraction of sp³-hybridized carbons (Fsp3) is 0.652. The highest BCUT2D eigenvalue weighted by atomic mass is 15.2. The molecule has 1 saturated heterocycles. The molecule has 1 saturated carbocycles. The maximum atomic E-state index is 3.72. The van der Waals surface area contributed by atoms with E-state index >= 15 is 0 Å². The summed E-state index contributed by atoms with van der Waals surface area (Å²) in [5.41, 5.74) is 5.25. The van der Waals surface area contributed by atoms with Crippen LogP contribution in [0.2, 0.25) is 0 Å². The SMILES string of the molecule is CCc1ccc(CC[C@H]2CCCC3=CC4(CC[C@@]32C)NCCN4)cc1. The monoisotopic (exact) mass is 338 g/mol. The van der Waals surface area contributed by atoms with Crippen LogP contribution in [0.1, 0.15) is 63.5 Å². The van der Waals surface area contributed by atoms with Gasteiger partial charge in [0.15, 0.2) is 0 Å². The predicted molar refractivity (Wildman–Crippen MR) is 106 cm³/mol. The van der Waals surface area contributed by atoms with Crippen molar-refractivity contribution >= 4 is 0 Å². The predicted octanol–water partition coefficient (Wildman–Crippen LogP) is 4.60. The number of nitrogens with one attached hydrogen (secondary N) is 2. The minimum Gasteiger partial charge on any atom is -0.295 e. The summed E-state index contributed by atoms with van der Waals surface area (Å²) in [6.07, 6.45) is 13.0. The first kappa shape index (κ1) is 17.3. The van der Waals surface area contributed by atoms with Crippen LogP contribution in [0.5, 0.6) is 0 Å². The first-order chi connectivity index (χ1) is 12.1. The number of aryl methyl sites for hydroxylation is 2. The molecule has 1 heterocycles. The molecule has 136 valence electrons. The summed E-state index contributed by atoms with van der Waals surface area (Å²) in [7, 11) is 0. The van der Waals surface area contributed by atoms with Gasteiger partial charge in [0, 0.05) is 13.1 Å². The molecule has 1 aliphatic heterocycles. The van der Waals surface area contributed by atoms with Gasteiger partial charge in [0.05, 0.1) is 5.66 Å². The van der Waals surface area contributed by atoms with Gasteiger partial charge in [-0.05, 0) is 73.8 Å². The third-order valence-corrected chi connectivity index (χ3v) is 7.31. The van der Waals surface area contributed by atoms with Gasteiger partial charge >= 0.3 is 0 Å². The highest BCUT2D eigenvalue weighted by Crippen LogP contribution is 2.53. The Bertz CT molecular complexity index is 624. The maximum Gasteiger partial charge on any atom is 0.0882 e. The molecule has 2 fully saturated rings. The van der Waals surface area contributed by atoms with Crippen molar-refractivity contribution < 1.29 is 0 Å². The van der Waals surface area contributed by atoms with E-state index in [9.17, 15) is 0 Å². The van der Waals surface area contributed by atoms with E-state index in [1.807, 2.05) is 0 Å². The normalized spacial score (nSPS) is 31.0. The van der Waals surface area contributed by atoms with E-state index in [1.165, 1.54) is 56.1 Å². The molecule has 2 N–H and O–H groups in total. The minimum absolute atomic E-state index is 0.118. The van der Waals surface area contributed by atoms with Gasteiger partial charge in [0.1, 0.15) is 0 Å². The molecule has 4 rings (SSSR count). The van der Waals surface area contributed by atoms with Crippen LogP contribution < -0.4 is 10.6 Å². The molecule has 1 aromatic carbocycles. The van der Waals surface area contributed by atoms with E-state index in [2.05, 4.69) is 54.8 Å². The van der Waals surface area contributed by atoms with Crippen molar-refractivity contribution in [3.63, 3.8) is 0 Å². The van der Waals surface area contributed by atoms with Crippen molar-refractivity contribution in [2.45, 2.75) is 70.9 Å². The van der Waals surface area contributed by atoms with Gasteiger partial charge in [-0.3, -0.25) is 10.6 Å². The molecular weight excluding hydrogens is 304 g/mol. The lowest BCUT2D eigenvalue weighted by Gasteiger charge is -2.50. The molecule has 2 aliphatic carbocycles. The number of benzene rings is 1. The maximum absolute atomic E-state index is 3.72. The summed E-state index contributed by atoms with van der Waals surface area (Å²) in [6, 6.07) is 9.32. The lowest BCUT2D eigenvalue weighted by atomic mass is 9.57. The second kappa shape index (κ2) is 6.89. The zero-order valence-electron chi connectivity index (χ0n) is 16.0. The van der Waals surface area contributed by atoms with Crippen LogP contribution in [0, 0.1) is 11.3 Å². The first-order valence-corrected chi connectivity index (χ1v) is 10.4. The van der Waals surface area contributed by atoms with Crippen molar-refractivity contribution in [3.8, 4) is 0 Å². The van der Waals surface area contributed by atoms with Crippen molar-refractivity contribution in [2.24, 2.45) is 11.3 Å². The minimum atomic E-state index is 0.118. The average Bonchev–Trinajstić information content (AvgIpc) is 3.09. The lowest BCUT2D eigenvalue weighted by molar-refractivity contribution is 0.124. The summed E-state index contributed by atoms with van der Waals surface area (Å²) in [6.45, 7) is 7.01. The molecule has 1 spiro atoms. The molecule has 0 aromatic heterocycles. The Hall–Kier alpha value is -1.12. The summed E-state index contributed by atoms with van der Waals surface area (Å²) < 4.78 is 0. The topological polar surface area (TPSA) is 24.1 Å². The van der Waals surface area contributed by atoms with Gasteiger partial charge in [-0.25, -0.2) is 0 Å². The van der Waals surface area contributed by atoms with Crippen molar-refractivity contribution in [1.29, 1.82) is 0 Å². The molecule has 2 atom stereocenters. The molecule has 1 aromatic rings. The summed E-state index contributed by atoms with van der Waals surface area (Å²) in [5.74, 6) is 0.845. The molecule has 0 bridgehead atoms. The molecule has 25 heavy (non-hydrogen) atoms. The van der Waals surface area contributed by atoms with Crippen LogP contribution in [0.3, 0.4) is 0 Å². The van der Waals surface area contributed by atoms with E-state index < -0.39 is 0 Å². The third kappa shape index (κ3) is 3.31. The number of rotatable bonds is 4. The van der Waals surface area contributed by atoms with Crippen molar-refractivity contribution in [1.82, 2.24) is 10.6 Å². The Balaban J connectivity index is 1.46. The Morgan fingerprint density at radius 3 is 2.48 bits per heavy atom. The van der Waals surface area contributed by atoms with Crippen LogP contribution in [-0.4, -0.2) is 18.8 Å². The van der Waals surface area contributed by atoms with Gasteiger partial charge in [-0.1, -0.05) is 49.8 Å². The third-order valence-electron chi connectivity index (χ3n) is 7.31. The number of allylic oxidation sites excluding steroid dienone is 1. The quantitative estimate of drug-likeness (QED) is 0.784. The number of hydrogen-bond donors (Lipinski definition) is 2. The van der Waals surface area contributed by atoms with Crippen molar-refractivity contribution in [3.05, 3.63) is 47.0 Å². The Kier molecular flexibility index (Phi) is 4.77.